The topological polar surface area (TPSA) is 22.1 Å². The smallest absolute Gasteiger partial charge is 0.219 e. The van der Waals surface area contributed by atoms with E-state index in [-0.39, 0.29) is 0 Å². The third kappa shape index (κ3) is 3.87. The van der Waals surface area contributed by atoms with Crippen molar-refractivity contribution in [3.8, 4) is 11.6 Å². The van der Waals surface area contributed by atoms with E-state index in [0.717, 1.165) is 15.7 Å². The zero-order valence-corrected chi connectivity index (χ0v) is 14.3. The van der Waals surface area contributed by atoms with E-state index in [9.17, 15) is 0 Å². The molecule has 0 fully saturated rings. The van der Waals surface area contributed by atoms with E-state index < -0.39 is 0 Å². The van der Waals surface area contributed by atoms with Crippen LogP contribution in [0.3, 0.4) is 0 Å². The van der Waals surface area contributed by atoms with Crippen molar-refractivity contribution in [1.29, 1.82) is 0 Å². The molecule has 0 unspecified atom stereocenters. The van der Waals surface area contributed by atoms with Gasteiger partial charge < -0.3 is 4.74 Å². The second-order valence-corrected chi connectivity index (χ2v) is 6.26. The number of halogens is 3. The van der Waals surface area contributed by atoms with Gasteiger partial charge in [0.2, 0.25) is 5.88 Å². The highest BCUT2D eigenvalue weighted by molar-refractivity contribution is 9.10. The lowest BCUT2D eigenvalue weighted by Gasteiger charge is -2.12. The molecule has 0 bridgehead atoms. The van der Waals surface area contributed by atoms with E-state index in [1.54, 1.807) is 18.2 Å². The van der Waals surface area contributed by atoms with E-state index in [1.807, 2.05) is 12.1 Å². The number of ether oxygens (including phenoxy) is 1. The standard InChI is InChI=1S/C15H14BrCl2NO/c1-9(2)13-5-10(8-17)6-15(19-13)20-14-4-3-11(18)7-12(14)16/h3-7,9H,8H2,1-2H3. The second kappa shape index (κ2) is 6.79. The number of hydrogen-bond acceptors (Lipinski definition) is 2. The Morgan fingerprint density at radius 2 is 2.00 bits per heavy atom. The van der Waals surface area contributed by atoms with Gasteiger partial charge in [-0.25, -0.2) is 4.98 Å². The number of pyridine rings is 1. The Kier molecular flexibility index (Phi) is 5.30. The van der Waals surface area contributed by atoms with Crippen molar-refractivity contribution in [3.63, 3.8) is 0 Å². The molecule has 0 radical (unpaired) electrons. The third-order valence-corrected chi connectivity index (χ3v) is 3.90. The summed E-state index contributed by atoms with van der Waals surface area (Å²) in [7, 11) is 0. The molecule has 0 aliphatic rings. The van der Waals surface area contributed by atoms with Crippen LogP contribution in [0, 0.1) is 0 Å². The van der Waals surface area contributed by atoms with Crippen molar-refractivity contribution in [2.75, 3.05) is 0 Å². The molecule has 0 N–H and O–H groups in total. The normalized spacial score (nSPS) is 10.9. The Bertz CT molecular complexity index is 617. The molecule has 106 valence electrons. The lowest BCUT2D eigenvalue weighted by Crippen LogP contribution is -1.98. The minimum atomic E-state index is 0.314. The maximum Gasteiger partial charge on any atom is 0.219 e. The Balaban J connectivity index is 2.34. The number of aromatic nitrogens is 1. The molecule has 1 aromatic carbocycles. The van der Waals surface area contributed by atoms with Crippen LogP contribution in [-0.4, -0.2) is 4.98 Å². The maximum absolute atomic E-state index is 5.92. The van der Waals surface area contributed by atoms with Gasteiger partial charge in [0.1, 0.15) is 5.75 Å². The fraction of sp³-hybridized carbons (Fsp3) is 0.267. The molecule has 20 heavy (non-hydrogen) atoms. The summed E-state index contributed by atoms with van der Waals surface area (Å²) in [4.78, 5) is 4.51. The fourth-order valence-corrected chi connectivity index (χ4v) is 2.60. The quantitative estimate of drug-likeness (QED) is 0.598. The SMILES string of the molecule is CC(C)c1cc(CCl)cc(Oc2ccc(Cl)cc2Br)n1. The van der Waals surface area contributed by atoms with Gasteiger partial charge >= 0.3 is 0 Å². The average molecular weight is 375 g/mol. The largest absolute Gasteiger partial charge is 0.438 e. The molecule has 5 heteroatoms. The van der Waals surface area contributed by atoms with Crippen molar-refractivity contribution in [3.05, 3.63) is 51.1 Å². The van der Waals surface area contributed by atoms with Crippen molar-refractivity contribution in [2.24, 2.45) is 0 Å². The van der Waals surface area contributed by atoms with Gasteiger partial charge in [0.05, 0.1) is 4.47 Å². The molecule has 0 aliphatic carbocycles. The van der Waals surface area contributed by atoms with Crippen LogP contribution >= 0.6 is 39.1 Å². The average Bonchev–Trinajstić information content (AvgIpc) is 2.41. The van der Waals surface area contributed by atoms with Crippen molar-refractivity contribution in [2.45, 2.75) is 25.6 Å². The monoisotopic (exact) mass is 373 g/mol. The molecule has 0 saturated carbocycles. The Morgan fingerprint density at radius 3 is 2.60 bits per heavy atom. The van der Waals surface area contributed by atoms with Crippen LogP contribution in [0.15, 0.2) is 34.8 Å². The van der Waals surface area contributed by atoms with Crippen molar-refractivity contribution < 1.29 is 4.74 Å². The summed E-state index contributed by atoms with van der Waals surface area (Å²) in [6.07, 6.45) is 0. The molecule has 0 aliphatic heterocycles. The molecule has 2 nitrogen and oxygen atoms in total. The molecule has 2 aromatic rings. The second-order valence-electron chi connectivity index (χ2n) is 4.70. The van der Waals surface area contributed by atoms with Crippen LogP contribution in [0.1, 0.15) is 31.0 Å². The number of benzene rings is 1. The number of hydrogen-bond donors (Lipinski definition) is 0. The van der Waals surface area contributed by atoms with Gasteiger partial charge in [0.15, 0.2) is 0 Å². The molecule has 1 aromatic heterocycles. The first-order chi connectivity index (χ1) is 9.49. The van der Waals surface area contributed by atoms with Gasteiger partial charge in [0.25, 0.3) is 0 Å². The Morgan fingerprint density at radius 1 is 1.25 bits per heavy atom. The molecule has 0 atom stereocenters. The Labute approximate surface area is 137 Å². The van der Waals surface area contributed by atoms with Gasteiger partial charge in [-0.2, -0.15) is 0 Å². The van der Waals surface area contributed by atoms with Gasteiger partial charge in [-0.05, 0) is 51.7 Å². The van der Waals surface area contributed by atoms with Gasteiger partial charge in [0, 0.05) is 22.7 Å². The van der Waals surface area contributed by atoms with Crippen LogP contribution in [0.2, 0.25) is 5.02 Å². The summed E-state index contributed by atoms with van der Waals surface area (Å²) >= 11 is 15.3. The first-order valence-corrected chi connectivity index (χ1v) is 7.90. The number of alkyl halides is 1. The summed E-state index contributed by atoms with van der Waals surface area (Å²) in [6, 6.07) is 9.21. The zero-order chi connectivity index (χ0) is 14.7. The first-order valence-electron chi connectivity index (χ1n) is 6.19. The highest BCUT2D eigenvalue weighted by Crippen LogP contribution is 2.32. The molecular formula is C15H14BrCl2NO. The van der Waals surface area contributed by atoms with Crippen LogP contribution in [0.4, 0.5) is 0 Å². The molecule has 0 amide bonds. The van der Waals surface area contributed by atoms with E-state index in [4.69, 9.17) is 27.9 Å². The molecular weight excluding hydrogens is 361 g/mol. The summed E-state index contributed by atoms with van der Waals surface area (Å²) < 4.78 is 6.61. The van der Waals surface area contributed by atoms with Gasteiger partial charge in [-0.15, -0.1) is 11.6 Å². The number of rotatable bonds is 4. The van der Waals surface area contributed by atoms with E-state index in [1.165, 1.54) is 0 Å². The summed E-state index contributed by atoms with van der Waals surface area (Å²) in [6.45, 7) is 4.17. The highest BCUT2D eigenvalue weighted by Gasteiger charge is 2.09. The minimum absolute atomic E-state index is 0.314. The summed E-state index contributed by atoms with van der Waals surface area (Å²) in [5.41, 5.74) is 1.95. The highest BCUT2D eigenvalue weighted by atomic mass is 79.9. The van der Waals surface area contributed by atoms with E-state index >= 15 is 0 Å². The first kappa shape index (κ1) is 15.6. The predicted molar refractivity (Wildman–Crippen MR) is 87.1 cm³/mol. The lowest BCUT2D eigenvalue weighted by molar-refractivity contribution is 0.456. The van der Waals surface area contributed by atoms with E-state index in [2.05, 4.69) is 34.8 Å². The van der Waals surface area contributed by atoms with E-state index in [0.29, 0.717) is 28.5 Å². The van der Waals surface area contributed by atoms with Crippen molar-refractivity contribution in [1.82, 2.24) is 4.98 Å². The van der Waals surface area contributed by atoms with Gasteiger partial charge in [-0.3, -0.25) is 0 Å². The molecule has 0 saturated heterocycles. The maximum atomic E-state index is 5.92. The van der Waals surface area contributed by atoms with Crippen LogP contribution in [0.5, 0.6) is 11.6 Å². The van der Waals surface area contributed by atoms with Crippen LogP contribution in [0.25, 0.3) is 0 Å². The zero-order valence-electron chi connectivity index (χ0n) is 11.2. The fourth-order valence-electron chi connectivity index (χ4n) is 1.68. The molecule has 1 heterocycles. The number of nitrogens with zero attached hydrogens (tertiary/aromatic N) is 1. The molecule has 2 rings (SSSR count). The third-order valence-electron chi connectivity index (χ3n) is 2.74. The van der Waals surface area contributed by atoms with Gasteiger partial charge in [-0.1, -0.05) is 25.4 Å². The predicted octanol–water partition coefficient (Wildman–Crippen LogP) is 6.15. The minimum Gasteiger partial charge on any atom is -0.438 e. The van der Waals surface area contributed by atoms with Crippen LogP contribution in [-0.2, 0) is 5.88 Å². The van der Waals surface area contributed by atoms with Crippen LogP contribution < -0.4 is 4.74 Å². The van der Waals surface area contributed by atoms with Crippen molar-refractivity contribution >= 4 is 39.1 Å². The summed E-state index contributed by atoms with van der Waals surface area (Å²) in [5, 5.41) is 0.648. The molecule has 0 spiro atoms. The lowest BCUT2D eigenvalue weighted by atomic mass is 10.1. The summed E-state index contributed by atoms with van der Waals surface area (Å²) in [5.74, 6) is 1.95. The Hall–Kier alpha value is -0.770.